The van der Waals surface area contributed by atoms with Crippen molar-refractivity contribution in [2.75, 3.05) is 0 Å². The van der Waals surface area contributed by atoms with Crippen molar-refractivity contribution in [1.29, 1.82) is 0 Å². The van der Waals surface area contributed by atoms with Crippen LogP contribution in [0, 0.1) is 0 Å². The van der Waals surface area contributed by atoms with Gasteiger partial charge in [0.25, 0.3) is 0 Å². The minimum atomic E-state index is -0.965. The first-order chi connectivity index (χ1) is 10.2. The van der Waals surface area contributed by atoms with E-state index in [9.17, 15) is 9.90 Å². The van der Waals surface area contributed by atoms with Crippen molar-refractivity contribution in [3.8, 4) is 5.75 Å². The predicted molar refractivity (Wildman–Crippen MR) is 80.5 cm³/mol. The van der Waals surface area contributed by atoms with Gasteiger partial charge in [0.05, 0.1) is 0 Å². The summed E-state index contributed by atoms with van der Waals surface area (Å²) in [5.74, 6) is -0.402. The first-order valence-electron chi connectivity index (χ1n) is 6.73. The molecule has 0 spiro atoms. The van der Waals surface area contributed by atoms with Crippen LogP contribution in [0.2, 0.25) is 0 Å². The molecule has 0 aliphatic rings. The average Bonchev–Trinajstić information content (AvgIpc) is 2.95. The van der Waals surface area contributed by atoms with E-state index in [1.165, 1.54) is 0 Å². The maximum atomic E-state index is 11.4. The lowest BCUT2D eigenvalue weighted by Crippen LogP contribution is -2.29. The summed E-state index contributed by atoms with van der Waals surface area (Å²) in [5.41, 5.74) is 1.97. The number of aromatic amines is 1. The highest BCUT2D eigenvalue weighted by Gasteiger charge is 2.20. The highest BCUT2D eigenvalue weighted by molar-refractivity contribution is 5.80. The maximum Gasteiger partial charge on any atom is 0.345 e. The van der Waals surface area contributed by atoms with Gasteiger partial charge in [-0.05, 0) is 41.3 Å². The fraction of sp³-hybridized carbons (Fsp3) is 0.118. The Morgan fingerprint density at radius 2 is 1.95 bits per heavy atom. The van der Waals surface area contributed by atoms with Gasteiger partial charge in [-0.2, -0.15) is 0 Å². The third-order valence-electron chi connectivity index (χ3n) is 3.34. The second-order valence-corrected chi connectivity index (χ2v) is 4.86. The standard InChI is InChI=1S/C17H15NO3/c19-17(20)16(21-14-4-2-1-3-5-14)11-12-6-7-15-13(10-12)8-9-18-15/h1-10,16,18H,11H2,(H,19,20). The zero-order valence-corrected chi connectivity index (χ0v) is 11.3. The van der Waals surface area contributed by atoms with Gasteiger partial charge in [0.1, 0.15) is 5.75 Å². The number of carbonyl (C=O) groups is 1. The zero-order chi connectivity index (χ0) is 14.7. The molecule has 1 atom stereocenters. The van der Waals surface area contributed by atoms with Crippen LogP contribution in [0.25, 0.3) is 10.9 Å². The molecule has 21 heavy (non-hydrogen) atoms. The van der Waals surface area contributed by atoms with Gasteiger partial charge in [0.15, 0.2) is 6.10 Å². The number of carboxylic acids is 1. The van der Waals surface area contributed by atoms with E-state index >= 15 is 0 Å². The number of para-hydroxylation sites is 1. The lowest BCUT2D eigenvalue weighted by Gasteiger charge is -2.15. The van der Waals surface area contributed by atoms with Crippen molar-refractivity contribution >= 4 is 16.9 Å². The third-order valence-corrected chi connectivity index (χ3v) is 3.34. The minimum Gasteiger partial charge on any atom is -0.478 e. The number of H-pyrrole nitrogens is 1. The van der Waals surface area contributed by atoms with E-state index in [1.807, 2.05) is 48.7 Å². The Bertz CT molecular complexity index is 749. The van der Waals surface area contributed by atoms with Crippen LogP contribution in [-0.4, -0.2) is 22.2 Å². The Morgan fingerprint density at radius 1 is 1.14 bits per heavy atom. The fourth-order valence-electron chi connectivity index (χ4n) is 2.29. The van der Waals surface area contributed by atoms with E-state index in [0.717, 1.165) is 16.5 Å². The molecule has 0 bridgehead atoms. The van der Waals surface area contributed by atoms with Crippen molar-refractivity contribution in [3.63, 3.8) is 0 Å². The number of hydrogen-bond acceptors (Lipinski definition) is 2. The van der Waals surface area contributed by atoms with Crippen LogP contribution in [0.5, 0.6) is 5.75 Å². The molecule has 1 unspecified atom stereocenters. The average molecular weight is 281 g/mol. The number of aromatic nitrogens is 1. The number of nitrogens with one attached hydrogen (secondary N) is 1. The summed E-state index contributed by atoms with van der Waals surface area (Å²) in [5, 5.41) is 10.4. The number of hydrogen-bond donors (Lipinski definition) is 2. The smallest absolute Gasteiger partial charge is 0.345 e. The summed E-state index contributed by atoms with van der Waals surface area (Å²) in [7, 11) is 0. The zero-order valence-electron chi connectivity index (χ0n) is 11.3. The van der Waals surface area contributed by atoms with Crippen LogP contribution < -0.4 is 4.74 Å². The van der Waals surface area contributed by atoms with Crippen molar-refractivity contribution < 1.29 is 14.6 Å². The molecule has 0 aliphatic heterocycles. The lowest BCUT2D eigenvalue weighted by molar-refractivity contribution is -0.145. The number of aliphatic carboxylic acids is 1. The number of fused-ring (bicyclic) bond motifs is 1. The van der Waals surface area contributed by atoms with Gasteiger partial charge in [-0.25, -0.2) is 4.79 Å². The minimum absolute atomic E-state index is 0.325. The van der Waals surface area contributed by atoms with Gasteiger partial charge >= 0.3 is 5.97 Å². The Balaban J connectivity index is 1.79. The van der Waals surface area contributed by atoms with Crippen molar-refractivity contribution in [2.45, 2.75) is 12.5 Å². The van der Waals surface area contributed by atoms with Crippen LogP contribution in [0.15, 0.2) is 60.8 Å². The van der Waals surface area contributed by atoms with Crippen LogP contribution in [0.1, 0.15) is 5.56 Å². The number of rotatable bonds is 5. The molecule has 0 radical (unpaired) electrons. The van der Waals surface area contributed by atoms with Crippen molar-refractivity contribution in [1.82, 2.24) is 4.98 Å². The van der Waals surface area contributed by atoms with Gasteiger partial charge < -0.3 is 14.8 Å². The molecule has 0 aliphatic carbocycles. The normalized spacial score (nSPS) is 12.2. The van der Waals surface area contributed by atoms with E-state index < -0.39 is 12.1 Å². The van der Waals surface area contributed by atoms with Crippen LogP contribution in [0.4, 0.5) is 0 Å². The number of carboxylic acid groups (broad SMARTS) is 1. The van der Waals surface area contributed by atoms with Crippen LogP contribution in [0.3, 0.4) is 0 Å². The second-order valence-electron chi connectivity index (χ2n) is 4.86. The SMILES string of the molecule is O=C(O)C(Cc1ccc2[nH]ccc2c1)Oc1ccccc1. The third kappa shape index (κ3) is 3.05. The Kier molecular flexibility index (Phi) is 3.60. The van der Waals surface area contributed by atoms with Gasteiger partial charge in [-0.15, -0.1) is 0 Å². The van der Waals surface area contributed by atoms with Crippen molar-refractivity contribution in [2.24, 2.45) is 0 Å². The molecule has 1 aromatic heterocycles. The summed E-state index contributed by atoms with van der Waals surface area (Å²) >= 11 is 0. The van der Waals surface area contributed by atoms with Crippen molar-refractivity contribution in [3.05, 3.63) is 66.4 Å². The fourth-order valence-corrected chi connectivity index (χ4v) is 2.29. The maximum absolute atomic E-state index is 11.4. The highest BCUT2D eigenvalue weighted by atomic mass is 16.5. The van der Waals surface area contributed by atoms with E-state index in [0.29, 0.717) is 12.2 Å². The van der Waals surface area contributed by atoms with Crippen LogP contribution >= 0.6 is 0 Å². The first-order valence-corrected chi connectivity index (χ1v) is 6.73. The lowest BCUT2D eigenvalue weighted by atomic mass is 10.1. The topological polar surface area (TPSA) is 62.3 Å². The Morgan fingerprint density at radius 3 is 2.71 bits per heavy atom. The molecule has 2 aromatic carbocycles. The molecular weight excluding hydrogens is 266 g/mol. The van der Waals surface area contributed by atoms with E-state index in [2.05, 4.69) is 4.98 Å². The van der Waals surface area contributed by atoms with Gasteiger partial charge in [0, 0.05) is 18.1 Å². The second kappa shape index (κ2) is 5.71. The molecule has 106 valence electrons. The molecule has 1 heterocycles. The molecule has 2 N–H and O–H groups in total. The van der Waals surface area contributed by atoms with E-state index in [4.69, 9.17) is 4.74 Å². The van der Waals surface area contributed by atoms with E-state index in [-0.39, 0.29) is 0 Å². The number of ether oxygens (including phenoxy) is 1. The highest BCUT2D eigenvalue weighted by Crippen LogP contribution is 2.18. The molecule has 0 fully saturated rings. The predicted octanol–water partition coefficient (Wildman–Crippen LogP) is 3.24. The summed E-state index contributed by atoms with van der Waals surface area (Å²) in [6.45, 7) is 0. The molecule has 3 rings (SSSR count). The van der Waals surface area contributed by atoms with Crippen LogP contribution in [-0.2, 0) is 11.2 Å². The summed E-state index contributed by atoms with van der Waals surface area (Å²) < 4.78 is 5.57. The summed E-state index contributed by atoms with van der Waals surface area (Å²) in [4.78, 5) is 14.5. The molecule has 0 amide bonds. The summed E-state index contributed by atoms with van der Waals surface area (Å²) in [6, 6.07) is 16.8. The largest absolute Gasteiger partial charge is 0.478 e. The van der Waals surface area contributed by atoms with E-state index in [1.54, 1.807) is 12.1 Å². The summed E-state index contributed by atoms with van der Waals surface area (Å²) in [6.07, 6.45) is 1.29. The monoisotopic (exact) mass is 281 g/mol. The molecule has 0 saturated carbocycles. The van der Waals surface area contributed by atoms with Gasteiger partial charge in [0.2, 0.25) is 0 Å². The Labute approximate surface area is 122 Å². The molecule has 4 nitrogen and oxygen atoms in total. The quantitative estimate of drug-likeness (QED) is 0.754. The molecule has 4 heteroatoms. The Hall–Kier alpha value is -2.75. The molecule has 0 saturated heterocycles. The number of benzene rings is 2. The van der Waals surface area contributed by atoms with Gasteiger partial charge in [-0.3, -0.25) is 0 Å². The first kappa shape index (κ1) is 13.2. The molecule has 3 aromatic rings. The molecular formula is C17H15NO3. The van der Waals surface area contributed by atoms with Gasteiger partial charge in [-0.1, -0.05) is 24.3 Å².